The molecule has 7 heteroatoms. The molecule has 3 heterocycles. The molecule has 124 valence electrons. The van der Waals surface area contributed by atoms with Crippen molar-refractivity contribution in [3.63, 3.8) is 0 Å². The normalized spacial score (nSPS) is 14.6. The number of nitriles is 1. The first-order valence-corrected chi connectivity index (χ1v) is 8.34. The number of nitrogens with zero attached hydrogens (tertiary/aromatic N) is 7. The molecule has 0 amide bonds. The Balaban J connectivity index is 1.65. The fourth-order valence-electron chi connectivity index (χ4n) is 3.06. The highest BCUT2D eigenvalue weighted by atomic mass is 15.3. The standard InChI is InChI=1S/C18H17N7/c19-11-15(18-23-22-17-4-2-1-3-9-24(17)18)10-14-5-7-16(8-6-14)25-13-20-12-21-25/h5-8,10,12-13H,1-4,9H2/b15-10-. The Morgan fingerprint density at radius 1 is 1.12 bits per heavy atom. The lowest BCUT2D eigenvalue weighted by atomic mass is 10.1. The van der Waals surface area contributed by atoms with Gasteiger partial charge < -0.3 is 4.57 Å². The van der Waals surface area contributed by atoms with E-state index in [-0.39, 0.29) is 0 Å². The zero-order valence-corrected chi connectivity index (χ0v) is 13.7. The van der Waals surface area contributed by atoms with Crippen LogP contribution in [0.1, 0.15) is 36.5 Å². The molecule has 1 aromatic carbocycles. The van der Waals surface area contributed by atoms with Crippen molar-refractivity contribution in [2.45, 2.75) is 32.2 Å². The summed E-state index contributed by atoms with van der Waals surface area (Å²) >= 11 is 0. The van der Waals surface area contributed by atoms with Crippen molar-refractivity contribution >= 4 is 11.6 Å². The maximum atomic E-state index is 9.61. The van der Waals surface area contributed by atoms with E-state index in [1.807, 2.05) is 30.3 Å². The third-order valence-electron chi connectivity index (χ3n) is 4.36. The van der Waals surface area contributed by atoms with Crippen LogP contribution in [-0.4, -0.2) is 29.5 Å². The molecular weight excluding hydrogens is 314 g/mol. The lowest BCUT2D eigenvalue weighted by molar-refractivity contribution is 0.627. The van der Waals surface area contributed by atoms with Gasteiger partial charge in [0, 0.05) is 13.0 Å². The van der Waals surface area contributed by atoms with Crippen molar-refractivity contribution in [3.05, 3.63) is 54.1 Å². The van der Waals surface area contributed by atoms with E-state index in [0.29, 0.717) is 11.4 Å². The van der Waals surface area contributed by atoms with Gasteiger partial charge in [0.2, 0.25) is 0 Å². The SMILES string of the molecule is N#C/C(=C/c1ccc(-n2cncn2)cc1)c1nnc2n1CCCCC2. The summed E-state index contributed by atoms with van der Waals surface area (Å²) in [6.07, 6.45) is 9.36. The smallest absolute Gasteiger partial charge is 0.174 e. The van der Waals surface area contributed by atoms with Crippen LogP contribution >= 0.6 is 0 Å². The van der Waals surface area contributed by atoms with E-state index < -0.39 is 0 Å². The summed E-state index contributed by atoms with van der Waals surface area (Å²) in [4.78, 5) is 3.94. The Morgan fingerprint density at radius 2 is 2.00 bits per heavy atom. The van der Waals surface area contributed by atoms with E-state index in [2.05, 4.69) is 30.9 Å². The highest BCUT2D eigenvalue weighted by Gasteiger charge is 2.17. The van der Waals surface area contributed by atoms with E-state index in [1.54, 1.807) is 11.0 Å². The van der Waals surface area contributed by atoms with Crippen LogP contribution in [0, 0.1) is 11.3 Å². The Kier molecular flexibility index (Phi) is 4.09. The second kappa shape index (κ2) is 6.69. The minimum Gasteiger partial charge on any atom is -0.310 e. The van der Waals surface area contributed by atoms with Gasteiger partial charge in [-0.25, -0.2) is 9.67 Å². The average molecular weight is 331 g/mol. The molecule has 0 atom stereocenters. The van der Waals surface area contributed by atoms with Crippen molar-refractivity contribution in [1.29, 1.82) is 5.26 Å². The van der Waals surface area contributed by atoms with E-state index in [9.17, 15) is 5.26 Å². The summed E-state index contributed by atoms with van der Waals surface area (Å²) in [5.41, 5.74) is 2.39. The molecule has 1 aliphatic heterocycles. The van der Waals surface area contributed by atoms with Crippen LogP contribution in [0.4, 0.5) is 0 Å². The van der Waals surface area contributed by atoms with Crippen molar-refractivity contribution < 1.29 is 0 Å². The van der Waals surface area contributed by atoms with Crippen LogP contribution in [0.3, 0.4) is 0 Å². The molecule has 0 spiro atoms. The first-order chi connectivity index (χ1) is 12.3. The zero-order chi connectivity index (χ0) is 17.1. The predicted octanol–water partition coefficient (Wildman–Crippen LogP) is 2.65. The lowest BCUT2D eigenvalue weighted by Crippen LogP contribution is -2.05. The largest absolute Gasteiger partial charge is 0.310 e. The zero-order valence-electron chi connectivity index (χ0n) is 13.7. The van der Waals surface area contributed by atoms with Gasteiger partial charge in [-0.3, -0.25) is 0 Å². The highest BCUT2D eigenvalue weighted by molar-refractivity contribution is 5.87. The van der Waals surface area contributed by atoms with Crippen molar-refractivity contribution in [3.8, 4) is 11.8 Å². The maximum absolute atomic E-state index is 9.61. The summed E-state index contributed by atoms with van der Waals surface area (Å²) in [5, 5.41) is 22.3. The van der Waals surface area contributed by atoms with E-state index >= 15 is 0 Å². The van der Waals surface area contributed by atoms with Crippen LogP contribution in [0.25, 0.3) is 17.3 Å². The number of allylic oxidation sites excluding steroid dienone is 1. The minimum atomic E-state index is 0.536. The van der Waals surface area contributed by atoms with Crippen LogP contribution in [0.5, 0.6) is 0 Å². The molecule has 0 aliphatic carbocycles. The summed E-state index contributed by atoms with van der Waals surface area (Å²) in [7, 11) is 0. The quantitative estimate of drug-likeness (QED) is 0.689. The highest BCUT2D eigenvalue weighted by Crippen LogP contribution is 2.21. The summed E-state index contributed by atoms with van der Waals surface area (Å²) in [6.45, 7) is 0.877. The van der Waals surface area contributed by atoms with Crippen LogP contribution in [0.15, 0.2) is 36.9 Å². The Morgan fingerprint density at radius 3 is 2.76 bits per heavy atom. The number of hydrogen-bond acceptors (Lipinski definition) is 5. The summed E-state index contributed by atoms with van der Waals surface area (Å²) < 4.78 is 3.78. The molecular formula is C18H17N7. The van der Waals surface area contributed by atoms with Gasteiger partial charge in [-0.15, -0.1) is 10.2 Å². The molecule has 25 heavy (non-hydrogen) atoms. The number of aromatic nitrogens is 6. The van der Waals surface area contributed by atoms with Gasteiger partial charge in [-0.05, 0) is 36.6 Å². The number of fused-ring (bicyclic) bond motifs is 1. The molecule has 4 rings (SSSR count). The number of benzene rings is 1. The molecule has 0 fully saturated rings. The van der Waals surface area contributed by atoms with Crippen LogP contribution < -0.4 is 0 Å². The molecule has 3 aromatic rings. The Hall–Kier alpha value is -3.27. The fourth-order valence-corrected chi connectivity index (χ4v) is 3.06. The minimum absolute atomic E-state index is 0.536. The lowest BCUT2D eigenvalue weighted by Gasteiger charge is -2.06. The van der Waals surface area contributed by atoms with Gasteiger partial charge in [0.05, 0.1) is 11.3 Å². The van der Waals surface area contributed by atoms with Gasteiger partial charge in [0.25, 0.3) is 0 Å². The third kappa shape index (κ3) is 3.06. The molecule has 0 saturated heterocycles. The van der Waals surface area contributed by atoms with Crippen LogP contribution in [-0.2, 0) is 13.0 Å². The second-order valence-corrected chi connectivity index (χ2v) is 6.00. The van der Waals surface area contributed by atoms with E-state index in [1.165, 1.54) is 12.7 Å². The first-order valence-electron chi connectivity index (χ1n) is 8.34. The molecule has 0 radical (unpaired) electrons. The second-order valence-electron chi connectivity index (χ2n) is 6.00. The number of hydrogen-bond donors (Lipinski definition) is 0. The van der Waals surface area contributed by atoms with Gasteiger partial charge in [-0.1, -0.05) is 18.6 Å². The molecule has 7 nitrogen and oxygen atoms in total. The molecule has 0 bridgehead atoms. The van der Waals surface area contributed by atoms with Crippen LogP contribution in [0.2, 0.25) is 0 Å². The monoisotopic (exact) mass is 331 g/mol. The maximum Gasteiger partial charge on any atom is 0.174 e. The van der Waals surface area contributed by atoms with Gasteiger partial charge >= 0.3 is 0 Å². The molecule has 2 aromatic heterocycles. The Bertz CT molecular complexity index is 927. The number of rotatable bonds is 3. The fraction of sp³-hybridized carbons (Fsp3) is 0.278. The van der Waals surface area contributed by atoms with Crippen molar-refractivity contribution in [1.82, 2.24) is 29.5 Å². The van der Waals surface area contributed by atoms with Gasteiger partial charge in [-0.2, -0.15) is 10.4 Å². The van der Waals surface area contributed by atoms with E-state index in [0.717, 1.165) is 42.9 Å². The van der Waals surface area contributed by atoms with Gasteiger partial charge in [0.1, 0.15) is 24.5 Å². The average Bonchev–Trinajstić information content (AvgIpc) is 3.26. The van der Waals surface area contributed by atoms with Crippen molar-refractivity contribution in [2.75, 3.05) is 0 Å². The van der Waals surface area contributed by atoms with E-state index in [4.69, 9.17) is 0 Å². The summed E-state index contributed by atoms with van der Waals surface area (Å²) in [6, 6.07) is 10.1. The first kappa shape index (κ1) is 15.3. The molecule has 0 N–H and O–H groups in total. The molecule has 0 unspecified atom stereocenters. The third-order valence-corrected chi connectivity index (χ3v) is 4.36. The Labute approximate surface area is 145 Å². The van der Waals surface area contributed by atoms with Crippen molar-refractivity contribution in [2.24, 2.45) is 0 Å². The topological polar surface area (TPSA) is 85.2 Å². The van der Waals surface area contributed by atoms with Gasteiger partial charge in [0.15, 0.2) is 5.82 Å². The summed E-state index contributed by atoms with van der Waals surface area (Å²) in [5.74, 6) is 1.65. The molecule has 0 saturated carbocycles. The predicted molar refractivity (Wildman–Crippen MR) is 92.4 cm³/mol. The molecule has 1 aliphatic rings. The number of aryl methyl sites for hydroxylation is 1.